The van der Waals surface area contributed by atoms with Crippen LogP contribution in [0.15, 0.2) is 23.6 Å². The first kappa shape index (κ1) is 12.0. The van der Waals surface area contributed by atoms with Gasteiger partial charge in [0.15, 0.2) is 0 Å². The molecule has 0 radical (unpaired) electrons. The number of anilines is 1. The molecule has 0 saturated heterocycles. The number of hydrogen-bond acceptors (Lipinski definition) is 5. The predicted molar refractivity (Wildman–Crippen MR) is 69.4 cm³/mol. The van der Waals surface area contributed by atoms with Gasteiger partial charge in [0.1, 0.15) is 11.6 Å². The largest absolute Gasteiger partial charge is 0.378 e. The number of nitrogens with zero attached hydrogens (tertiary/aromatic N) is 2. The Morgan fingerprint density at radius 1 is 1.41 bits per heavy atom. The van der Waals surface area contributed by atoms with Crippen molar-refractivity contribution in [3.63, 3.8) is 0 Å². The second-order valence-electron chi connectivity index (χ2n) is 3.60. The van der Waals surface area contributed by atoms with Gasteiger partial charge in [-0.05, 0) is 11.4 Å². The fraction of sp³-hybridized carbons (Fsp3) is 0.333. The van der Waals surface area contributed by atoms with Crippen LogP contribution in [0.5, 0.6) is 0 Å². The topological polar surface area (TPSA) is 47.0 Å². The minimum Gasteiger partial charge on any atom is -0.378 e. The first-order valence-corrected chi connectivity index (χ1v) is 6.25. The predicted octanol–water partition coefficient (Wildman–Crippen LogP) is 2.32. The second-order valence-corrected chi connectivity index (χ2v) is 4.63. The van der Waals surface area contributed by atoms with E-state index in [1.807, 2.05) is 19.2 Å². The van der Waals surface area contributed by atoms with Crippen molar-refractivity contribution in [2.45, 2.75) is 13.0 Å². The van der Waals surface area contributed by atoms with E-state index < -0.39 is 0 Å². The van der Waals surface area contributed by atoms with Crippen molar-refractivity contribution in [1.29, 1.82) is 0 Å². The lowest BCUT2D eigenvalue weighted by Gasteiger charge is -2.06. The van der Waals surface area contributed by atoms with Gasteiger partial charge < -0.3 is 10.1 Å². The number of methoxy groups -OCH3 is 1. The minimum absolute atomic E-state index is 0.509. The number of aromatic nitrogens is 2. The SMILES string of the molecule is CNc1cc(COC)nc(Cc2cccs2)n1. The van der Waals surface area contributed by atoms with Crippen molar-refractivity contribution >= 4 is 17.2 Å². The fourth-order valence-electron chi connectivity index (χ4n) is 1.55. The zero-order chi connectivity index (χ0) is 12.1. The van der Waals surface area contributed by atoms with Gasteiger partial charge in [0.2, 0.25) is 0 Å². The molecular weight excluding hydrogens is 234 g/mol. The average molecular weight is 249 g/mol. The van der Waals surface area contributed by atoms with Crippen LogP contribution >= 0.6 is 11.3 Å². The van der Waals surface area contributed by atoms with E-state index in [1.54, 1.807) is 18.4 Å². The summed E-state index contributed by atoms with van der Waals surface area (Å²) in [4.78, 5) is 10.2. The molecule has 0 bridgehead atoms. The lowest BCUT2D eigenvalue weighted by atomic mass is 10.3. The average Bonchev–Trinajstić information content (AvgIpc) is 2.82. The maximum Gasteiger partial charge on any atom is 0.136 e. The summed E-state index contributed by atoms with van der Waals surface area (Å²) in [5.41, 5.74) is 0.901. The third-order valence-electron chi connectivity index (χ3n) is 2.29. The number of nitrogens with one attached hydrogen (secondary N) is 1. The lowest BCUT2D eigenvalue weighted by Crippen LogP contribution is -2.04. The van der Waals surface area contributed by atoms with Gasteiger partial charge in [0.05, 0.1) is 12.3 Å². The van der Waals surface area contributed by atoms with E-state index in [0.717, 1.165) is 23.8 Å². The van der Waals surface area contributed by atoms with Crippen molar-refractivity contribution in [2.24, 2.45) is 0 Å². The smallest absolute Gasteiger partial charge is 0.136 e. The van der Waals surface area contributed by atoms with Gasteiger partial charge >= 0.3 is 0 Å². The van der Waals surface area contributed by atoms with Crippen LogP contribution in [0.4, 0.5) is 5.82 Å². The van der Waals surface area contributed by atoms with Gasteiger partial charge in [-0.3, -0.25) is 0 Å². The second kappa shape index (κ2) is 5.75. The van der Waals surface area contributed by atoms with Crippen molar-refractivity contribution in [3.05, 3.63) is 40.0 Å². The van der Waals surface area contributed by atoms with Crippen LogP contribution in [0.1, 0.15) is 16.4 Å². The number of hydrogen-bond donors (Lipinski definition) is 1. The summed E-state index contributed by atoms with van der Waals surface area (Å²) in [7, 11) is 3.52. The van der Waals surface area contributed by atoms with Gasteiger partial charge in [0, 0.05) is 31.5 Å². The Hall–Kier alpha value is -1.46. The maximum absolute atomic E-state index is 5.10. The van der Waals surface area contributed by atoms with Gasteiger partial charge in [-0.1, -0.05) is 6.07 Å². The normalized spacial score (nSPS) is 10.5. The highest BCUT2D eigenvalue weighted by molar-refractivity contribution is 7.09. The van der Waals surface area contributed by atoms with Gasteiger partial charge in [-0.2, -0.15) is 0 Å². The van der Waals surface area contributed by atoms with Crippen LogP contribution in [0.3, 0.4) is 0 Å². The molecule has 0 aliphatic rings. The molecule has 0 spiro atoms. The molecule has 0 fully saturated rings. The Labute approximate surface area is 105 Å². The molecule has 0 amide bonds. The Morgan fingerprint density at radius 3 is 2.94 bits per heavy atom. The first-order chi connectivity index (χ1) is 8.31. The summed E-state index contributed by atoms with van der Waals surface area (Å²) in [5, 5.41) is 5.11. The van der Waals surface area contributed by atoms with Crippen molar-refractivity contribution < 1.29 is 4.74 Å². The highest BCUT2D eigenvalue weighted by Crippen LogP contribution is 2.14. The molecule has 0 saturated carbocycles. The van der Waals surface area contributed by atoms with Gasteiger partial charge in [-0.15, -0.1) is 11.3 Å². The molecule has 2 rings (SSSR count). The van der Waals surface area contributed by atoms with Crippen LogP contribution < -0.4 is 5.32 Å². The van der Waals surface area contributed by atoms with Crippen molar-refractivity contribution in [3.8, 4) is 0 Å². The highest BCUT2D eigenvalue weighted by atomic mass is 32.1. The Balaban J connectivity index is 2.23. The monoisotopic (exact) mass is 249 g/mol. The van der Waals surface area contributed by atoms with Crippen molar-refractivity contribution in [1.82, 2.24) is 9.97 Å². The van der Waals surface area contributed by atoms with Crippen LogP contribution in [0, 0.1) is 0 Å². The molecule has 4 nitrogen and oxygen atoms in total. The third kappa shape index (κ3) is 3.25. The molecule has 2 aromatic rings. The van der Waals surface area contributed by atoms with Crippen LogP contribution in [-0.4, -0.2) is 24.1 Å². The Kier molecular flexibility index (Phi) is 4.06. The van der Waals surface area contributed by atoms with E-state index in [4.69, 9.17) is 4.74 Å². The van der Waals surface area contributed by atoms with E-state index in [1.165, 1.54) is 4.88 Å². The summed E-state index contributed by atoms with van der Waals surface area (Å²) < 4.78 is 5.10. The molecule has 5 heteroatoms. The fourth-order valence-corrected chi connectivity index (χ4v) is 2.25. The summed E-state index contributed by atoms with van der Waals surface area (Å²) in [5.74, 6) is 1.66. The molecule has 0 atom stereocenters. The lowest BCUT2D eigenvalue weighted by molar-refractivity contribution is 0.181. The Bertz CT molecular complexity index is 471. The quantitative estimate of drug-likeness (QED) is 0.883. The molecule has 0 aliphatic carbocycles. The molecular formula is C12H15N3OS. The molecule has 1 N–H and O–H groups in total. The minimum atomic E-state index is 0.509. The zero-order valence-electron chi connectivity index (χ0n) is 9.93. The number of thiophene rings is 1. The molecule has 2 aromatic heterocycles. The molecule has 90 valence electrons. The van der Waals surface area contributed by atoms with E-state index in [-0.39, 0.29) is 0 Å². The van der Waals surface area contributed by atoms with E-state index >= 15 is 0 Å². The zero-order valence-corrected chi connectivity index (χ0v) is 10.8. The first-order valence-electron chi connectivity index (χ1n) is 5.37. The van der Waals surface area contributed by atoms with Gasteiger partial charge in [0.25, 0.3) is 0 Å². The summed E-state index contributed by atoms with van der Waals surface area (Å²) in [6.07, 6.45) is 0.768. The third-order valence-corrected chi connectivity index (χ3v) is 3.16. The summed E-state index contributed by atoms with van der Waals surface area (Å²) in [6, 6.07) is 6.04. The maximum atomic E-state index is 5.10. The molecule has 0 aromatic carbocycles. The van der Waals surface area contributed by atoms with Crippen LogP contribution in [-0.2, 0) is 17.8 Å². The number of rotatable bonds is 5. The van der Waals surface area contributed by atoms with Crippen LogP contribution in [0.25, 0.3) is 0 Å². The van der Waals surface area contributed by atoms with E-state index in [2.05, 4.69) is 26.7 Å². The van der Waals surface area contributed by atoms with E-state index in [0.29, 0.717) is 6.61 Å². The van der Waals surface area contributed by atoms with Crippen LogP contribution in [0.2, 0.25) is 0 Å². The summed E-state index contributed by atoms with van der Waals surface area (Å²) in [6.45, 7) is 0.509. The molecule has 2 heterocycles. The number of ether oxygens (including phenoxy) is 1. The highest BCUT2D eigenvalue weighted by Gasteiger charge is 2.05. The van der Waals surface area contributed by atoms with E-state index in [9.17, 15) is 0 Å². The summed E-state index contributed by atoms with van der Waals surface area (Å²) >= 11 is 1.72. The Morgan fingerprint density at radius 2 is 2.29 bits per heavy atom. The van der Waals surface area contributed by atoms with Gasteiger partial charge in [-0.25, -0.2) is 9.97 Å². The molecule has 0 aliphatic heterocycles. The molecule has 0 unspecified atom stereocenters. The van der Waals surface area contributed by atoms with Crippen molar-refractivity contribution in [2.75, 3.05) is 19.5 Å². The molecule has 17 heavy (non-hydrogen) atoms. The standard InChI is InChI=1S/C12H15N3OS/c1-13-11-6-9(8-16-2)14-12(15-11)7-10-4-3-5-17-10/h3-6H,7-8H2,1-2H3,(H,13,14,15).